The Labute approximate surface area is 223 Å². The van der Waals surface area contributed by atoms with E-state index in [4.69, 9.17) is 4.98 Å². The highest BCUT2D eigenvalue weighted by Gasteiger charge is 2.11. The molecule has 0 atom stereocenters. The van der Waals surface area contributed by atoms with E-state index < -0.39 is 0 Å². The van der Waals surface area contributed by atoms with Crippen LogP contribution >= 0.6 is 46.2 Å². The molecule has 4 nitrogen and oxygen atoms in total. The number of rotatable bonds is 7. The number of para-hydroxylation sites is 1. The highest BCUT2D eigenvalue weighted by atomic mass is 32.2. The van der Waals surface area contributed by atoms with Gasteiger partial charge in [-0.25, -0.2) is 14.4 Å². The minimum Gasteiger partial charge on any atom is -0.325 e. The van der Waals surface area contributed by atoms with Crippen LogP contribution in [0.3, 0.4) is 0 Å². The maximum Gasteiger partial charge on any atom is 0.234 e. The van der Waals surface area contributed by atoms with Gasteiger partial charge in [0.2, 0.25) is 5.91 Å². The van der Waals surface area contributed by atoms with Crippen molar-refractivity contribution in [3.63, 3.8) is 0 Å². The lowest BCUT2D eigenvalue weighted by Crippen LogP contribution is -2.13. The Bertz CT molecular complexity index is 1700. The number of thiazole rings is 2. The molecule has 1 N–H and O–H groups in total. The minimum absolute atomic E-state index is 0.0686. The predicted molar refractivity (Wildman–Crippen MR) is 152 cm³/mol. The van der Waals surface area contributed by atoms with Gasteiger partial charge in [-0.3, -0.25) is 4.79 Å². The molecule has 9 heteroatoms. The van der Waals surface area contributed by atoms with Gasteiger partial charge in [-0.15, -0.1) is 22.7 Å². The number of fused-ring (bicyclic) bond motifs is 3. The van der Waals surface area contributed by atoms with Crippen LogP contribution in [0.15, 0.2) is 87.5 Å². The maximum absolute atomic E-state index is 14.1. The monoisotopic (exact) mass is 547 g/mol. The third-order valence-electron chi connectivity index (χ3n) is 5.57. The highest BCUT2D eigenvalue weighted by molar-refractivity contribution is 8.01. The van der Waals surface area contributed by atoms with Crippen molar-refractivity contribution in [2.24, 2.45) is 0 Å². The van der Waals surface area contributed by atoms with Gasteiger partial charge < -0.3 is 5.32 Å². The fourth-order valence-corrected chi connectivity index (χ4v) is 7.85. The van der Waals surface area contributed by atoms with Crippen molar-refractivity contribution in [1.82, 2.24) is 9.97 Å². The van der Waals surface area contributed by atoms with Gasteiger partial charge in [0.15, 0.2) is 8.68 Å². The van der Waals surface area contributed by atoms with Gasteiger partial charge in [0.1, 0.15) is 5.82 Å². The quantitative estimate of drug-likeness (QED) is 0.204. The molecule has 2 heterocycles. The molecule has 1 amide bonds. The Morgan fingerprint density at radius 2 is 1.53 bits per heavy atom. The summed E-state index contributed by atoms with van der Waals surface area (Å²) < 4.78 is 18.1. The van der Waals surface area contributed by atoms with E-state index in [0.717, 1.165) is 45.7 Å². The summed E-state index contributed by atoms with van der Waals surface area (Å²) in [4.78, 5) is 21.8. The zero-order chi connectivity index (χ0) is 24.5. The number of carbonyl (C=O) groups is 1. The van der Waals surface area contributed by atoms with Crippen LogP contribution < -0.4 is 5.32 Å². The van der Waals surface area contributed by atoms with E-state index in [1.54, 1.807) is 34.4 Å². The number of aromatic nitrogens is 2. The number of anilines is 1. The van der Waals surface area contributed by atoms with Gasteiger partial charge in [-0.2, -0.15) is 0 Å². The molecule has 0 spiro atoms. The van der Waals surface area contributed by atoms with Gasteiger partial charge in [0.05, 0.1) is 26.2 Å². The van der Waals surface area contributed by atoms with Gasteiger partial charge in [-0.1, -0.05) is 66.0 Å². The van der Waals surface area contributed by atoms with Gasteiger partial charge in [0.25, 0.3) is 0 Å². The number of hydrogen-bond acceptors (Lipinski definition) is 7. The first-order valence-corrected chi connectivity index (χ1v) is 14.7. The second-order valence-electron chi connectivity index (χ2n) is 7.99. The number of benzene rings is 4. The minimum atomic E-state index is -0.201. The van der Waals surface area contributed by atoms with Crippen LogP contribution in [0.2, 0.25) is 0 Å². The molecule has 0 aliphatic carbocycles. The molecule has 36 heavy (non-hydrogen) atoms. The molecule has 0 aliphatic heterocycles. The van der Waals surface area contributed by atoms with Crippen molar-refractivity contribution < 1.29 is 9.18 Å². The van der Waals surface area contributed by atoms with E-state index in [-0.39, 0.29) is 11.7 Å². The molecule has 4 aromatic carbocycles. The summed E-state index contributed by atoms with van der Waals surface area (Å²) in [5, 5.41) is 4.55. The number of thioether (sulfide) groups is 2. The summed E-state index contributed by atoms with van der Waals surface area (Å²) in [5.74, 6) is 0.730. The van der Waals surface area contributed by atoms with Crippen molar-refractivity contribution in [2.75, 3.05) is 11.1 Å². The van der Waals surface area contributed by atoms with E-state index in [9.17, 15) is 9.18 Å². The lowest BCUT2D eigenvalue weighted by molar-refractivity contribution is -0.113. The Hall–Kier alpha value is -2.98. The van der Waals surface area contributed by atoms with Gasteiger partial charge in [0, 0.05) is 16.8 Å². The first-order valence-electron chi connectivity index (χ1n) is 11.1. The molecule has 2 aromatic heterocycles. The van der Waals surface area contributed by atoms with Crippen LogP contribution in [0.25, 0.3) is 31.2 Å². The van der Waals surface area contributed by atoms with Crippen LogP contribution in [-0.2, 0) is 10.5 Å². The predicted octanol–water partition coefficient (Wildman–Crippen LogP) is 8.22. The second-order valence-corrected chi connectivity index (χ2v) is 12.5. The number of halogens is 1. The molecule has 6 rings (SSSR count). The van der Waals surface area contributed by atoms with Crippen molar-refractivity contribution in [3.8, 4) is 0 Å². The summed E-state index contributed by atoms with van der Waals surface area (Å²) >= 11 is 6.27. The summed E-state index contributed by atoms with van der Waals surface area (Å²) in [7, 11) is 0. The molecule has 0 aliphatic rings. The second kappa shape index (κ2) is 10.2. The standard InChI is InChI=1S/C27H18FN3OS4/c28-20-11-9-16(18-5-1-2-6-19(18)20)14-33-26-31-22-12-10-17(13-24(22)36-26)29-25(32)15-34-27-30-21-7-3-4-8-23(21)35-27/h1-13H,14-15H2,(H,29,32). The Morgan fingerprint density at radius 3 is 2.39 bits per heavy atom. The molecular weight excluding hydrogens is 530 g/mol. The maximum atomic E-state index is 14.1. The number of nitrogens with zero attached hydrogens (tertiary/aromatic N) is 2. The van der Waals surface area contributed by atoms with Crippen molar-refractivity contribution in [2.45, 2.75) is 14.4 Å². The number of nitrogens with one attached hydrogen (secondary N) is 1. The fourth-order valence-electron chi connectivity index (χ4n) is 3.87. The third-order valence-corrected chi connectivity index (χ3v) is 9.96. The highest BCUT2D eigenvalue weighted by Crippen LogP contribution is 2.35. The van der Waals surface area contributed by atoms with Crippen LogP contribution in [0.1, 0.15) is 5.56 Å². The van der Waals surface area contributed by atoms with Gasteiger partial charge in [-0.05, 0) is 47.3 Å². The Balaban J connectivity index is 1.10. The number of amides is 1. The average Bonchev–Trinajstić information content (AvgIpc) is 3.50. The van der Waals surface area contributed by atoms with Gasteiger partial charge >= 0.3 is 0 Å². The van der Waals surface area contributed by atoms with E-state index in [0.29, 0.717) is 16.9 Å². The van der Waals surface area contributed by atoms with E-state index >= 15 is 0 Å². The molecule has 0 saturated heterocycles. The third kappa shape index (κ3) is 4.97. The molecule has 0 fully saturated rings. The Morgan fingerprint density at radius 1 is 0.806 bits per heavy atom. The summed E-state index contributed by atoms with van der Waals surface area (Å²) in [5.41, 5.74) is 3.69. The zero-order valence-electron chi connectivity index (χ0n) is 18.7. The van der Waals surface area contributed by atoms with Crippen molar-refractivity contribution >= 4 is 89.0 Å². The van der Waals surface area contributed by atoms with E-state index in [1.807, 2.05) is 72.8 Å². The normalized spacial score (nSPS) is 11.5. The molecule has 0 radical (unpaired) electrons. The van der Waals surface area contributed by atoms with Crippen molar-refractivity contribution in [1.29, 1.82) is 0 Å². The molecule has 6 aromatic rings. The first kappa shape index (κ1) is 23.4. The average molecular weight is 548 g/mol. The molecular formula is C27H18FN3OS4. The molecule has 0 bridgehead atoms. The number of carbonyl (C=O) groups excluding carboxylic acids is 1. The smallest absolute Gasteiger partial charge is 0.234 e. The van der Waals surface area contributed by atoms with Crippen LogP contribution in [0.5, 0.6) is 0 Å². The zero-order valence-corrected chi connectivity index (χ0v) is 22.0. The van der Waals surface area contributed by atoms with E-state index in [1.165, 1.54) is 17.8 Å². The summed E-state index contributed by atoms with van der Waals surface area (Å²) in [6.07, 6.45) is 0. The topological polar surface area (TPSA) is 54.9 Å². The lowest BCUT2D eigenvalue weighted by atomic mass is 10.1. The number of hydrogen-bond donors (Lipinski definition) is 1. The first-order chi connectivity index (χ1) is 17.6. The largest absolute Gasteiger partial charge is 0.325 e. The summed E-state index contributed by atoms with van der Waals surface area (Å²) in [6.45, 7) is 0. The Kier molecular flexibility index (Phi) is 6.62. The van der Waals surface area contributed by atoms with Crippen LogP contribution in [0, 0.1) is 5.82 Å². The van der Waals surface area contributed by atoms with Crippen LogP contribution in [-0.4, -0.2) is 21.6 Å². The molecule has 178 valence electrons. The van der Waals surface area contributed by atoms with Crippen molar-refractivity contribution in [3.05, 3.63) is 90.2 Å². The van der Waals surface area contributed by atoms with E-state index in [2.05, 4.69) is 10.3 Å². The fraction of sp³-hybridized carbons (Fsp3) is 0.0741. The van der Waals surface area contributed by atoms with Crippen LogP contribution in [0.4, 0.5) is 10.1 Å². The summed E-state index contributed by atoms with van der Waals surface area (Å²) in [6, 6.07) is 24.7. The molecule has 0 unspecified atom stereocenters. The molecule has 0 saturated carbocycles. The SMILES string of the molecule is O=C(CSc1nc2ccccc2s1)Nc1ccc2nc(SCc3ccc(F)c4ccccc34)sc2c1. The lowest BCUT2D eigenvalue weighted by Gasteiger charge is -2.06.